The number of nitrogens with one attached hydrogen (secondary N) is 1. The van der Waals surface area contributed by atoms with E-state index < -0.39 is 0 Å². The van der Waals surface area contributed by atoms with Crippen LogP contribution in [0.1, 0.15) is 98.3 Å². The molecule has 3 saturated carbocycles. The molecule has 7 atom stereocenters. The van der Waals surface area contributed by atoms with Gasteiger partial charge in [0.05, 0.1) is 6.54 Å². The third-order valence-electron chi connectivity index (χ3n) is 11.4. The van der Waals surface area contributed by atoms with E-state index in [2.05, 4.69) is 64.2 Å². The van der Waals surface area contributed by atoms with Crippen molar-refractivity contribution in [3.8, 4) is 0 Å². The van der Waals surface area contributed by atoms with Crippen molar-refractivity contribution in [1.29, 1.82) is 0 Å². The van der Waals surface area contributed by atoms with E-state index in [0.717, 1.165) is 30.8 Å². The molecule has 0 amide bonds. The Hall–Kier alpha value is -1.35. The van der Waals surface area contributed by atoms with Crippen molar-refractivity contribution in [2.24, 2.45) is 39.5 Å². The first kappa shape index (κ1) is 27.7. The summed E-state index contributed by atoms with van der Waals surface area (Å²) in [5.41, 5.74) is 5.03. The predicted octanol–water partition coefficient (Wildman–Crippen LogP) is 7.81. The molecule has 202 valence electrons. The zero-order valence-electron chi connectivity index (χ0n) is 24.2. The molecule has 0 aromatic heterocycles. The van der Waals surface area contributed by atoms with Crippen molar-refractivity contribution in [3.05, 3.63) is 36.6 Å². The fourth-order valence-corrected chi connectivity index (χ4v) is 9.25. The van der Waals surface area contributed by atoms with Crippen LogP contribution in [-0.4, -0.2) is 43.3 Å². The molecule has 4 rings (SSSR count). The minimum atomic E-state index is 0.366. The van der Waals surface area contributed by atoms with Crippen LogP contribution in [0.3, 0.4) is 0 Å². The van der Waals surface area contributed by atoms with Crippen molar-refractivity contribution in [2.75, 3.05) is 26.7 Å². The van der Waals surface area contributed by atoms with E-state index in [4.69, 9.17) is 4.99 Å². The summed E-state index contributed by atoms with van der Waals surface area (Å²) in [6.45, 7) is 21.4. The lowest BCUT2D eigenvalue weighted by Crippen LogP contribution is -2.50. The van der Waals surface area contributed by atoms with E-state index in [0.29, 0.717) is 22.8 Å². The van der Waals surface area contributed by atoms with Gasteiger partial charge in [-0.15, -0.1) is 0 Å². The molecule has 36 heavy (non-hydrogen) atoms. The van der Waals surface area contributed by atoms with Crippen LogP contribution in [0.25, 0.3) is 0 Å². The average Bonchev–Trinajstić information content (AvgIpc) is 3.50. The topological polar surface area (TPSA) is 27.6 Å². The lowest BCUT2D eigenvalue weighted by atomic mass is 9.47. The Balaban J connectivity index is 1.40. The van der Waals surface area contributed by atoms with Gasteiger partial charge in [-0.3, -0.25) is 4.99 Å². The number of hydrogen-bond donors (Lipinski definition) is 1. The second-order valence-corrected chi connectivity index (χ2v) is 13.2. The molecule has 1 aliphatic heterocycles. The van der Waals surface area contributed by atoms with Crippen molar-refractivity contribution in [3.63, 3.8) is 0 Å². The van der Waals surface area contributed by atoms with Gasteiger partial charge in [-0.2, -0.15) is 0 Å². The fraction of sp³-hybridized carbons (Fsp3) is 0.788. The number of fused-ring (bicyclic) bond motifs is 3. The first-order chi connectivity index (χ1) is 17.2. The summed E-state index contributed by atoms with van der Waals surface area (Å²) in [6, 6.07) is 0.693. The van der Waals surface area contributed by atoms with Crippen LogP contribution in [0.2, 0.25) is 0 Å². The molecule has 0 bridgehead atoms. The molecule has 0 aromatic rings. The molecule has 0 aromatic carbocycles. The number of nitrogens with zero attached hydrogens (tertiary/aromatic N) is 2. The monoisotopic (exact) mass is 493 g/mol. The smallest absolute Gasteiger partial charge is 0.0781 e. The van der Waals surface area contributed by atoms with Gasteiger partial charge in [0.25, 0.3) is 0 Å². The highest BCUT2D eigenvalue weighted by atomic mass is 15.1. The highest BCUT2D eigenvalue weighted by molar-refractivity contribution is 5.85. The Morgan fingerprint density at radius 3 is 2.67 bits per heavy atom. The maximum atomic E-state index is 5.18. The molecule has 3 nitrogen and oxygen atoms in total. The van der Waals surface area contributed by atoms with Gasteiger partial charge in [-0.25, -0.2) is 0 Å². The molecule has 1 N–H and O–H groups in total. The third-order valence-corrected chi connectivity index (χ3v) is 11.4. The molecule has 0 spiro atoms. The Bertz CT molecular complexity index is 849. The number of allylic oxidation sites excluding steroid dienone is 3. The average molecular weight is 494 g/mol. The summed E-state index contributed by atoms with van der Waals surface area (Å²) >= 11 is 0. The number of likely N-dealkylation sites (N-methyl/N-ethyl adjacent to an activating group) is 1. The quantitative estimate of drug-likeness (QED) is 0.314. The normalized spacial score (nSPS) is 39.6. The fourth-order valence-electron chi connectivity index (χ4n) is 9.25. The van der Waals surface area contributed by atoms with Crippen molar-refractivity contribution < 1.29 is 0 Å². The highest BCUT2D eigenvalue weighted by Gasteiger charge is 2.58. The second-order valence-electron chi connectivity index (χ2n) is 13.2. The molecule has 0 radical (unpaired) electrons. The highest BCUT2D eigenvalue weighted by Crippen LogP contribution is 2.66. The predicted molar refractivity (Wildman–Crippen MR) is 156 cm³/mol. The van der Waals surface area contributed by atoms with Gasteiger partial charge in [0.1, 0.15) is 0 Å². The van der Waals surface area contributed by atoms with Crippen LogP contribution in [-0.2, 0) is 0 Å². The lowest BCUT2D eigenvalue weighted by Gasteiger charge is -2.57. The first-order valence-corrected chi connectivity index (χ1v) is 15.2. The van der Waals surface area contributed by atoms with E-state index in [1.807, 2.05) is 6.08 Å². The summed E-state index contributed by atoms with van der Waals surface area (Å²) in [6.07, 6.45) is 19.0. The van der Waals surface area contributed by atoms with Crippen LogP contribution in [0.5, 0.6) is 0 Å². The molecule has 1 saturated heterocycles. The molecule has 4 fully saturated rings. The maximum absolute atomic E-state index is 5.18. The summed E-state index contributed by atoms with van der Waals surface area (Å²) in [7, 11) is 2.20. The molecule has 3 aliphatic carbocycles. The maximum Gasteiger partial charge on any atom is 0.0781 e. The van der Waals surface area contributed by atoms with Gasteiger partial charge in [-0.05, 0) is 106 Å². The summed E-state index contributed by atoms with van der Waals surface area (Å²) in [4.78, 5) is 7.52. The number of rotatable bonds is 10. The van der Waals surface area contributed by atoms with E-state index in [-0.39, 0.29) is 0 Å². The Labute approximate surface area is 223 Å². The summed E-state index contributed by atoms with van der Waals surface area (Å²) < 4.78 is 0. The van der Waals surface area contributed by atoms with Gasteiger partial charge >= 0.3 is 0 Å². The summed E-state index contributed by atoms with van der Waals surface area (Å²) in [5, 5.41) is 3.62. The largest absolute Gasteiger partial charge is 0.377 e. The first-order valence-electron chi connectivity index (χ1n) is 15.2. The van der Waals surface area contributed by atoms with Gasteiger partial charge < -0.3 is 10.2 Å². The van der Waals surface area contributed by atoms with E-state index in [1.54, 1.807) is 5.57 Å². The third kappa shape index (κ3) is 5.29. The van der Waals surface area contributed by atoms with Gasteiger partial charge in [0.2, 0.25) is 0 Å². The molecule has 4 aliphatic rings. The number of hydrogen-bond acceptors (Lipinski definition) is 3. The van der Waals surface area contributed by atoms with Crippen LogP contribution in [0.15, 0.2) is 41.6 Å². The Morgan fingerprint density at radius 1 is 1.17 bits per heavy atom. The minimum absolute atomic E-state index is 0.366. The van der Waals surface area contributed by atoms with Crippen LogP contribution >= 0.6 is 0 Å². The van der Waals surface area contributed by atoms with E-state index in [1.165, 1.54) is 88.6 Å². The molecule has 7 unspecified atom stereocenters. The van der Waals surface area contributed by atoms with Crippen LogP contribution < -0.4 is 5.32 Å². The zero-order valence-corrected chi connectivity index (χ0v) is 24.2. The Kier molecular flexibility index (Phi) is 8.91. The number of aliphatic imine (C=N–C) groups is 1. The zero-order chi connectivity index (χ0) is 25.9. The van der Waals surface area contributed by atoms with Gasteiger partial charge in [-0.1, -0.05) is 58.1 Å². The van der Waals surface area contributed by atoms with Gasteiger partial charge in [0, 0.05) is 37.0 Å². The molecular weight excluding hydrogens is 438 g/mol. The lowest BCUT2D eigenvalue weighted by molar-refractivity contribution is -0.0408. The second kappa shape index (κ2) is 11.6. The molecule has 1 heterocycles. The van der Waals surface area contributed by atoms with Crippen molar-refractivity contribution in [1.82, 2.24) is 10.2 Å². The minimum Gasteiger partial charge on any atom is -0.377 e. The summed E-state index contributed by atoms with van der Waals surface area (Å²) in [5.74, 6) is 3.23. The van der Waals surface area contributed by atoms with Crippen LogP contribution in [0, 0.1) is 34.5 Å². The van der Waals surface area contributed by atoms with E-state index >= 15 is 0 Å². The standard InChI is InChI=1S/C33H55N3/c1-8-11-26-13-14-28-30-16-15-29(33(30,6)20-17-31(28)32(26,5)19-9-2)25(4)35-23-24(3)36(7)22-18-27-12-10-21-34-27/h8,11,27-31,34H,1,3,9-10,12-23H2,2,4-7H3/b26-11-,35-25?. The molecule has 3 heteroatoms. The Morgan fingerprint density at radius 2 is 1.97 bits per heavy atom. The van der Waals surface area contributed by atoms with Gasteiger partial charge in [0.15, 0.2) is 0 Å². The van der Waals surface area contributed by atoms with Crippen molar-refractivity contribution in [2.45, 2.75) is 104 Å². The van der Waals surface area contributed by atoms with Crippen LogP contribution in [0.4, 0.5) is 0 Å². The molecular formula is C33H55N3. The van der Waals surface area contributed by atoms with Crippen molar-refractivity contribution >= 4 is 5.71 Å². The van der Waals surface area contributed by atoms with E-state index in [9.17, 15) is 0 Å². The SMILES string of the molecule is C=C/C=C1/CCC2C(CCC3(C)C(C(C)=NCC(=C)N(C)CCC4CCCN4)CCC23)C1(C)CCC.